The van der Waals surface area contributed by atoms with Crippen LogP contribution in [0.25, 0.3) is 0 Å². The number of methoxy groups -OCH3 is 1. The lowest BCUT2D eigenvalue weighted by Crippen LogP contribution is -2.36. The van der Waals surface area contributed by atoms with E-state index in [2.05, 4.69) is 0 Å². The Balaban J connectivity index is 1.51. The second-order valence-corrected chi connectivity index (χ2v) is 10.2. The van der Waals surface area contributed by atoms with Crippen molar-refractivity contribution in [3.05, 3.63) is 119 Å². The molecule has 0 N–H and O–H groups in total. The minimum atomic E-state index is -0.583. The van der Waals surface area contributed by atoms with E-state index in [1.165, 1.54) is 13.2 Å². The molecular formula is C33H29ClN2O4. The van der Waals surface area contributed by atoms with E-state index in [9.17, 15) is 14.4 Å². The predicted molar refractivity (Wildman–Crippen MR) is 158 cm³/mol. The van der Waals surface area contributed by atoms with Crippen LogP contribution in [0.2, 0.25) is 5.02 Å². The van der Waals surface area contributed by atoms with Gasteiger partial charge in [-0.1, -0.05) is 36.2 Å². The Kier molecular flexibility index (Phi) is 7.99. The van der Waals surface area contributed by atoms with Gasteiger partial charge in [-0.15, -0.1) is 0 Å². The maximum Gasteiger partial charge on any atom is 0.337 e. The maximum absolute atomic E-state index is 13.7. The summed E-state index contributed by atoms with van der Waals surface area (Å²) in [6.45, 7) is 0. The van der Waals surface area contributed by atoms with Crippen LogP contribution >= 0.6 is 11.6 Å². The number of ketones is 1. The molecule has 1 saturated carbocycles. The average Bonchev–Trinajstić information content (AvgIpc) is 2.96. The van der Waals surface area contributed by atoms with Gasteiger partial charge in [-0.3, -0.25) is 14.5 Å². The van der Waals surface area contributed by atoms with Gasteiger partial charge >= 0.3 is 5.97 Å². The van der Waals surface area contributed by atoms with Crippen LogP contribution < -0.4 is 9.80 Å². The van der Waals surface area contributed by atoms with Gasteiger partial charge in [-0.2, -0.15) is 0 Å². The molecule has 0 atom stereocenters. The van der Waals surface area contributed by atoms with Crippen molar-refractivity contribution in [2.45, 2.75) is 19.3 Å². The van der Waals surface area contributed by atoms with Crippen molar-refractivity contribution in [3.8, 4) is 0 Å². The van der Waals surface area contributed by atoms with Crippen LogP contribution in [0.5, 0.6) is 0 Å². The molecule has 0 bridgehead atoms. The maximum atomic E-state index is 13.7. The fourth-order valence-corrected chi connectivity index (χ4v) is 4.87. The topological polar surface area (TPSA) is 66.9 Å². The minimum Gasteiger partial charge on any atom is -0.465 e. The molecule has 1 aliphatic carbocycles. The third kappa shape index (κ3) is 5.63. The molecule has 7 heteroatoms. The van der Waals surface area contributed by atoms with E-state index in [1.807, 2.05) is 78.7 Å². The number of halogens is 1. The van der Waals surface area contributed by atoms with Crippen molar-refractivity contribution in [1.82, 2.24) is 0 Å². The van der Waals surface area contributed by atoms with Crippen LogP contribution in [0.3, 0.4) is 0 Å². The lowest BCUT2D eigenvalue weighted by atomic mass is 9.84. The van der Waals surface area contributed by atoms with Gasteiger partial charge in [0.15, 0.2) is 5.78 Å². The molecule has 0 unspecified atom stereocenters. The normalized spacial score (nSPS) is 12.8. The highest BCUT2D eigenvalue weighted by molar-refractivity contribution is 6.30. The van der Waals surface area contributed by atoms with Crippen molar-refractivity contribution in [2.24, 2.45) is 5.92 Å². The highest BCUT2D eigenvalue weighted by atomic mass is 35.5. The van der Waals surface area contributed by atoms with Gasteiger partial charge in [-0.05, 0) is 91.7 Å². The largest absolute Gasteiger partial charge is 0.465 e. The molecule has 4 aromatic carbocycles. The molecule has 0 saturated heterocycles. The molecule has 1 amide bonds. The van der Waals surface area contributed by atoms with E-state index >= 15 is 0 Å². The Morgan fingerprint density at radius 1 is 0.725 bits per heavy atom. The monoisotopic (exact) mass is 552 g/mol. The molecular weight excluding hydrogens is 524 g/mol. The Morgan fingerprint density at radius 3 is 1.90 bits per heavy atom. The Bertz CT molecular complexity index is 1530. The van der Waals surface area contributed by atoms with Crippen LogP contribution in [0, 0.1) is 5.92 Å². The predicted octanol–water partition coefficient (Wildman–Crippen LogP) is 7.59. The summed E-state index contributed by atoms with van der Waals surface area (Å²) in [6, 6.07) is 28.8. The summed E-state index contributed by atoms with van der Waals surface area (Å²) < 4.78 is 4.98. The number of amides is 1. The van der Waals surface area contributed by atoms with Gasteiger partial charge in [0.1, 0.15) is 0 Å². The van der Waals surface area contributed by atoms with E-state index in [-0.39, 0.29) is 23.2 Å². The zero-order chi connectivity index (χ0) is 28.2. The highest BCUT2D eigenvalue weighted by Crippen LogP contribution is 2.36. The molecule has 0 radical (unpaired) electrons. The number of nitrogens with zero attached hydrogens (tertiary/aromatic N) is 2. The lowest BCUT2D eigenvalue weighted by Gasteiger charge is -2.32. The molecule has 5 rings (SSSR count). The van der Waals surface area contributed by atoms with Crippen LogP contribution in [-0.2, 0) is 9.53 Å². The van der Waals surface area contributed by atoms with Gasteiger partial charge in [0.05, 0.1) is 18.4 Å². The first kappa shape index (κ1) is 27.2. The minimum absolute atomic E-state index is 0.0487. The summed E-state index contributed by atoms with van der Waals surface area (Å²) in [5.41, 5.74) is 3.92. The van der Waals surface area contributed by atoms with Crippen molar-refractivity contribution in [3.63, 3.8) is 0 Å². The summed E-state index contributed by atoms with van der Waals surface area (Å²) in [6.07, 6.45) is 2.65. The third-order valence-electron chi connectivity index (χ3n) is 7.28. The Morgan fingerprint density at radius 2 is 1.32 bits per heavy atom. The summed E-state index contributed by atoms with van der Waals surface area (Å²) in [4.78, 5) is 43.5. The fourth-order valence-electron chi connectivity index (χ4n) is 4.74. The molecule has 40 heavy (non-hydrogen) atoms. The number of hydrogen-bond donors (Lipinski definition) is 0. The molecule has 0 aliphatic heterocycles. The van der Waals surface area contributed by atoms with E-state index in [4.69, 9.17) is 16.3 Å². The van der Waals surface area contributed by atoms with Crippen molar-refractivity contribution < 1.29 is 19.1 Å². The number of para-hydroxylation sites is 1. The fraction of sp³-hybridized carbons (Fsp3) is 0.182. The quantitative estimate of drug-likeness (QED) is 0.166. The number of hydrogen-bond acceptors (Lipinski definition) is 5. The zero-order valence-electron chi connectivity index (χ0n) is 22.3. The molecule has 0 heterocycles. The standard InChI is InChI=1S/C33H29ClN2O4/c1-35(28-17-13-26(34)14-18-28)27-15-11-22(12-16-27)31(37)24-19-25(33(39)40-2)21-30(20-24)36(29-9-4-3-5-10-29)32(38)23-7-6-8-23/h3-5,9-21,23H,6-8H2,1-2H3. The second-order valence-electron chi connectivity index (χ2n) is 9.81. The smallest absolute Gasteiger partial charge is 0.337 e. The number of carbonyl (C=O) groups is 3. The number of rotatable bonds is 8. The van der Waals surface area contributed by atoms with Crippen molar-refractivity contribution in [2.75, 3.05) is 24.0 Å². The van der Waals surface area contributed by atoms with Gasteiger partial charge in [-0.25, -0.2) is 4.79 Å². The second kappa shape index (κ2) is 11.8. The molecule has 0 aromatic heterocycles. The Labute approximate surface area is 238 Å². The molecule has 4 aromatic rings. The first-order chi connectivity index (χ1) is 19.4. The van der Waals surface area contributed by atoms with E-state index in [0.29, 0.717) is 27.5 Å². The summed E-state index contributed by atoms with van der Waals surface area (Å²) >= 11 is 6.02. The van der Waals surface area contributed by atoms with Crippen molar-refractivity contribution in [1.29, 1.82) is 0 Å². The number of anilines is 4. The van der Waals surface area contributed by atoms with Crippen LogP contribution in [-0.4, -0.2) is 31.8 Å². The van der Waals surface area contributed by atoms with Crippen LogP contribution in [0.4, 0.5) is 22.7 Å². The zero-order valence-corrected chi connectivity index (χ0v) is 23.1. The van der Waals surface area contributed by atoms with Crippen LogP contribution in [0.15, 0.2) is 97.1 Å². The molecule has 1 fully saturated rings. The van der Waals surface area contributed by atoms with E-state index in [0.717, 1.165) is 30.6 Å². The first-order valence-corrected chi connectivity index (χ1v) is 13.5. The summed E-state index contributed by atoms with van der Waals surface area (Å²) in [5, 5.41) is 0.659. The number of ether oxygens (including phenoxy) is 1. The van der Waals surface area contributed by atoms with Gasteiger partial charge in [0, 0.05) is 46.2 Å². The third-order valence-corrected chi connectivity index (χ3v) is 7.53. The highest BCUT2D eigenvalue weighted by Gasteiger charge is 2.32. The lowest BCUT2D eigenvalue weighted by molar-refractivity contribution is -0.123. The van der Waals surface area contributed by atoms with E-state index < -0.39 is 5.97 Å². The van der Waals surface area contributed by atoms with Gasteiger partial charge < -0.3 is 9.64 Å². The number of carbonyl (C=O) groups excluding carboxylic acids is 3. The average molecular weight is 553 g/mol. The summed E-state index contributed by atoms with van der Waals surface area (Å²) in [7, 11) is 3.23. The molecule has 1 aliphatic rings. The molecule has 0 spiro atoms. The Hall–Kier alpha value is -4.42. The number of benzene rings is 4. The van der Waals surface area contributed by atoms with Gasteiger partial charge in [0.2, 0.25) is 5.91 Å². The first-order valence-electron chi connectivity index (χ1n) is 13.1. The SMILES string of the molecule is COC(=O)c1cc(C(=O)c2ccc(N(C)c3ccc(Cl)cc3)cc2)cc(N(C(=O)C2CCC2)c2ccccc2)c1. The summed E-state index contributed by atoms with van der Waals surface area (Å²) in [5.74, 6) is -0.990. The van der Waals surface area contributed by atoms with Gasteiger partial charge in [0.25, 0.3) is 0 Å². The van der Waals surface area contributed by atoms with E-state index in [1.54, 1.807) is 29.2 Å². The molecule has 202 valence electrons. The molecule has 6 nitrogen and oxygen atoms in total. The number of esters is 1. The van der Waals surface area contributed by atoms with Crippen LogP contribution in [0.1, 0.15) is 45.5 Å². The van der Waals surface area contributed by atoms with Crippen molar-refractivity contribution >= 4 is 52.0 Å².